The summed E-state index contributed by atoms with van der Waals surface area (Å²) in [5.74, 6) is -6.07. The van der Waals surface area contributed by atoms with Crippen LogP contribution in [0.2, 0.25) is 0 Å². The summed E-state index contributed by atoms with van der Waals surface area (Å²) in [6.45, 7) is 0. The first kappa shape index (κ1) is 29.8. The number of carboxylic acid groups (broad SMARTS) is 2. The highest BCUT2D eigenvalue weighted by Gasteiger charge is 2.29. The zero-order valence-corrected chi connectivity index (χ0v) is 18.8. The van der Waals surface area contributed by atoms with Gasteiger partial charge in [-0.2, -0.15) is 11.8 Å². The Balaban J connectivity index is 5.46. The van der Waals surface area contributed by atoms with Crippen LogP contribution in [0.25, 0.3) is 0 Å². The topological polar surface area (TPSA) is 255 Å². The molecule has 4 atom stereocenters. The van der Waals surface area contributed by atoms with Gasteiger partial charge in [-0.1, -0.05) is 0 Å². The largest absolute Gasteiger partial charge is 0.550 e. The lowest BCUT2D eigenvalue weighted by Gasteiger charge is -2.24. The van der Waals surface area contributed by atoms with E-state index >= 15 is 0 Å². The number of thioether (sulfide) groups is 1. The summed E-state index contributed by atoms with van der Waals surface area (Å²) in [7, 11) is 0. The number of carbonyl (C=O) groups is 7. The van der Waals surface area contributed by atoms with Crippen LogP contribution in [0, 0.1) is 0 Å². The number of aldehydes is 1. The number of carbonyl (C=O) groups excluding carboxylic acids is 7. The van der Waals surface area contributed by atoms with Crippen molar-refractivity contribution in [3.05, 3.63) is 0 Å². The first-order valence-corrected chi connectivity index (χ1v) is 11.2. The van der Waals surface area contributed by atoms with Crippen molar-refractivity contribution in [1.82, 2.24) is 16.0 Å². The van der Waals surface area contributed by atoms with E-state index in [-0.39, 0.29) is 25.5 Å². The van der Waals surface area contributed by atoms with Gasteiger partial charge in [-0.3, -0.25) is 19.2 Å². The van der Waals surface area contributed by atoms with E-state index in [1.807, 2.05) is 0 Å². The van der Waals surface area contributed by atoms with E-state index < -0.39 is 72.6 Å². The minimum atomic E-state index is -1.59. The van der Waals surface area contributed by atoms with Crippen molar-refractivity contribution >= 4 is 53.6 Å². The van der Waals surface area contributed by atoms with E-state index in [4.69, 9.17) is 5.73 Å². The van der Waals surface area contributed by atoms with Crippen molar-refractivity contribution in [2.75, 3.05) is 12.0 Å². The molecule has 0 spiro atoms. The van der Waals surface area contributed by atoms with Gasteiger partial charge < -0.3 is 52.0 Å². The Labute approximate surface area is 193 Å². The van der Waals surface area contributed by atoms with Crippen LogP contribution in [-0.4, -0.2) is 78.0 Å². The molecule has 14 nitrogen and oxygen atoms in total. The summed E-state index contributed by atoms with van der Waals surface area (Å²) in [6.07, 6.45) is -0.0263. The standard InChI is InChI=1S/C18H29N5O9S/c1-33-5-4-12(22-16(30)10(19)7-15(28)29)18(32)23-11(2-3-13(20)25)17(31)21-9(8-24)6-14(26)27/h8-12H,2-7,19H2,1H3,(H2,20,25)(H,21,31)(H,22,30)(H,23,32)(H,26,27)(H,28,29)/p-1/t9-,10-,11-,12-/m0/s1. The molecule has 0 saturated carbocycles. The summed E-state index contributed by atoms with van der Waals surface area (Å²) in [4.78, 5) is 81.0. The average Bonchev–Trinajstić information content (AvgIpc) is 2.71. The summed E-state index contributed by atoms with van der Waals surface area (Å²) < 4.78 is 0. The first-order valence-electron chi connectivity index (χ1n) is 9.77. The highest BCUT2D eigenvalue weighted by atomic mass is 32.2. The van der Waals surface area contributed by atoms with Crippen LogP contribution >= 0.6 is 11.8 Å². The average molecular weight is 491 g/mol. The predicted molar refractivity (Wildman–Crippen MR) is 109 cm³/mol. The van der Waals surface area contributed by atoms with Crippen LogP contribution in [-0.2, 0) is 33.6 Å². The number of carboxylic acids is 2. The van der Waals surface area contributed by atoms with Gasteiger partial charge in [0.05, 0.1) is 6.04 Å². The summed E-state index contributed by atoms with van der Waals surface area (Å²) in [5.41, 5.74) is 8.49. The van der Waals surface area contributed by atoms with Crippen molar-refractivity contribution in [3.63, 3.8) is 0 Å². The van der Waals surface area contributed by atoms with E-state index in [9.17, 15) is 43.8 Å². The molecule has 0 aliphatic carbocycles. The van der Waals surface area contributed by atoms with Crippen molar-refractivity contribution in [2.45, 2.75) is 56.3 Å². The molecule has 186 valence electrons. The molecule has 0 aliphatic heterocycles. The van der Waals surface area contributed by atoms with Crippen molar-refractivity contribution in [1.29, 1.82) is 0 Å². The zero-order chi connectivity index (χ0) is 25.6. The number of amides is 4. The Bertz CT molecular complexity index is 749. The molecular formula is C18H28N5O9S-. The highest BCUT2D eigenvalue weighted by Crippen LogP contribution is 2.05. The highest BCUT2D eigenvalue weighted by molar-refractivity contribution is 7.98. The second kappa shape index (κ2) is 15.6. The van der Waals surface area contributed by atoms with Crippen molar-refractivity contribution in [2.24, 2.45) is 5.73 Å². The summed E-state index contributed by atoms with van der Waals surface area (Å²) in [5, 5.41) is 28.2. The third-order valence-corrected chi connectivity index (χ3v) is 4.86. The normalized spacial score (nSPS) is 14.1. The van der Waals surface area contributed by atoms with E-state index in [1.54, 1.807) is 6.26 Å². The Morgan fingerprint density at radius 3 is 1.91 bits per heavy atom. The van der Waals surface area contributed by atoms with Gasteiger partial charge in [-0.25, -0.2) is 0 Å². The number of primary amides is 1. The van der Waals surface area contributed by atoms with Gasteiger partial charge >= 0.3 is 0 Å². The second-order valence-electron chi connectivity index (χ2n) is 7.01. The molecule has 4 amide bonds. The van der Waals surface area contributed by atoms with Gasteiger partial charge in [-0.15, -0.1) is 0 Å². The van der Waals surface area contributed by atoms with Gasteiger partial charge in [0.25, 0.3) is 5.91 Å². The molecule has 0 aromatic carbocycles. The molecule has 0 unspecified atom stereocenters. The Hall–Kier alpha value is -3.20. The molecule has 33 heavy (non-hydrogen) atoms. The summed E-state index contributed by atoms with van der Waals surface area (Å²) in [6, 6.07) is -5.22. The number of quaternary nitrogens is 1. The monoisotopic (exact) mass is 490 g/mol. The van der Waals surface area contributed by atoms with Crippen LogP contribution in [0.3, 0.4) is 0 Å². The molecule has 0 aliphatic rings. The maximum atomic E-state index is 12.8. The van der Waals surface area contributed by atoms with Gasteiger partial charge in [0.2, 0.25) is 17.7 Å². The number of nitrogens with two attached hydrogens (primary N) is 1. The fraction of sp³-hybridized carbons (Fsp3) is 0.611. The molecule has 0 bridgehead atoms. The molecule has 15 heteroatoms. The smallest absolute Gasteiger partial charge is 0.279 e. The lowest BCUT2D eigenvalue weighted by Crippen LogP contribution is -2.70. The maximum Gasteiger partial charge on any atom is 0.279 e. The molecule has 0 heterocycles. The third-order valence-electron chi connectivity index (χ3n) is 4.22. The molecule has 0 radical (unpaired) electrons. The molecular weight excluding hydrogens is 462 g/mol. The lowest BCUT2D eigenvalue weighted by atomic mass is 10.1. The number of hydrogen-bond donors (Lipinski definition) is 5. The number of aliphatic carboxylic acids is 2. The fourth-order valence-electron chi connectivity index (χ4n) is 2.51. The van der Waals surface area contributed by atoms with E-state index in [0.29, 0.717) is 5.75 Å². The number of rotatable bonds is 17. The van der Waals surface area contributed by atoms with Crippen LogP contribution < -0.4 is 37.6 Å². The molecule has 8 N–H and O–H groups in total. The maximum absolute atomic E-state index is 12.8. The van der Waals surface area contributed by atoms with Crippen molar-refractivity contribution < 1.29 is 49.5 Å². The third kappa shape index (κ3) is 13.1. The minimum Gasteiger partial charge on any atom is -0.550 e. The van der Waals surface area contributed by atoms with Gasteiger partial charge in [-0.05, 0) is 24.9 Å². The Morgan fingerprint density at radius 1 is 0.909 bits per heavy atom. The van der Waals surface area contributed by atoms with Gasteiger partial charge in [0, 0.05) is 31.2 Å². The fourth-order valence-corrected chi connectivity index (χ4v) is 2.98. The van der Waals surface area contributed by atoms with Crippen LogP contribution in [0.4, 0.5) is 0 Å². The predicted octanol–water partition coefficient (Wildman–Crippen LogP) is -6.45. The van der Waals surface area contributed by atoms with Crippen LogP contribution in [0.5, 0.6) is 0 Å². The molecule has 0 aromatic heterocycles. The summed E-state index contributed by atoms with van der Waals surface area (Å²) >= 11 is 1.36. The van der Waals surface area contributed by atoms with E-state index in [2.05, 4.69) is 21.7 Å². The van der Waals surface area contributed by atoms with Crippen molar-refractivity contribution in [3.8, 4) is 0 Å². The van der Waals surface area contributed by atoms with Gasteiger partial charge in [0.15, 0.2) is 6.04 Å². The minimum absolute atomic E-state index is 0.114. The van der Waals surface area contributed by atoms with E-state index in [0.717, 1.165) is 0 Å². The zero-order valence-electron chi connectivity index (χ0n) is 18.0. The Morgan fingerprint density at radius 2 is 1.42 bits per heavy atom. The van der Waals surface area contributed by atoms with E-state index in [1.165, 1.54) is 11.8 Å². The Kier molecular flexibility index (Phi) is 14.1. The quantitative estimate of drug-likeness (QED) is 0.120. The molecule has 0 aromatic rings. The number of nitrogens with one attached hydrogen (secondary N) is 3. The SMILES string of the molecule is CSCC[C@H](NC(=O)[C@@H]([NH3+])CC(=O)[O-])C(=O)N[C@@H](CCC(N)=O)C(=O)N[C@H](C=O)CC(=O)[O-]. The first-order chi connectivity index (χ1) is 15.4. The second-order valence-corrected chi connectivity index (χ2v) is 7.99. The lowest BCUT2D eigenvalue weighted by molar-refractivity contribution is -0.408. The van der Waals surface area contributed by atoms with Gasteiger partial charge in [0.1, 0.15) is 18.4 Å². The van der Waals surface area contributed by atoms with Crippen LogP contribution in [0.1, 0.15) is 32.1 Å². The number of hydrogen-bond acceptors (Lipinski definition) is 10. The molecule has 0 saturated heterocycles. The van der Waals surface area contributed by atoms with Crippen LogP contribution in [0.15, 0.2) is 0 Å². The molecule has 0 fully saturated rings. The molecule has 0 rings (SSSR count).